The van der Waals surface area contributed by atoms with Gasteiger partial charge in [-0.1, -0.05) is 18.2 Å². The minimum Gasteiger partial charge on any atom is -0.467 e. The van der Waals surface area contributed by atoms with Crippen molar-refractivity contribution in [1.29, 1.82) is 0 Å². The van der Waals surface area contributed by atoms with E-state index < -0.39 is 0 Å². The van der Waals surface area contributed by atoms with Gasteiger partial charge in [0.05, 0.1) is 12.8 Å². The predicted molar refractivity (Wildman–Crippen MR) is 69.4 cm³/mol. The second kappa shape index (κ2) is 4.14. The molecule has 0 fully saturated rings. The first kappa shape index (κ1) is 10.2. The number of aromatic nitrogens is 2. The van der Waals surface area contributed by atoms with E-state index in [0.717, 1.165) is 11.3 Å². The molecular weight excluding hydrogens is 232 g/mol. The van der Waals surface area contributed by atoms with E-state index >= 15 is 0 Å². The normalized spacial score (nSPS) is 10.6. The van der Waals surface area contributed by atoms with Crippen LogP contribution in [0.3, 0.4) is 0 Å². The lowest BCUT2D eigenvalue weighted by molar-refractivity contribution is 0.380. The fourth-order valence-electron chi connectivity index (χ4n) is 1.77. The minimum atomic E-state index is 0.401. The highest BCUT2D eigenvalue weighted by Gasteiger charge is 2.08. The topological polar surface area (TPSA) is 35.0 Å². The number of methoxy groups -OCH3 is 1. The molecule has 84 valence electrons. The van der Waals surface area contributed by atoms with Crippen molar-refractivity contribution >= 4 is 21.4 Å². The maximum atomic E-state index is 5.05. The molecule has 0 N–H and O–H groups in total. The summed E-state index contributed by atoms with van der Waals surface area (Å²) < 4.78 is 6.31. The van der Waals surface area contributed by atoms with Gasteiger partial charge in [-0.2, -0.15) is 4.98 Å². The van der Waals surface area contributed by atoms with Crippen molar-refractivity contribution in [1.82, 2.24) is 9.97 Å². The number of nitrogens with zero attached hydrogens (tertiary/aromatic N) is 2. The number of fused-ring (bicyclic) bond motifs is 1. The minimum absolute atomic E-state index is 0.401. The molecule has 2 aromatic heterocycles. The summed E-state index contributed by atoms with van der Waals surface area (Å²) in [6, 6.07) is 10.6. The van der Waals surface area contributed by atoms with Crippen molar-refractivity contribution in [2.45, 2.75) is 0 Å². The first-order chi connectivity index (χ1) is 8.38. The second-order valence-corrected chi connectivity index (χ2v) is 4.49. The van der Waals surface area contributed by atoms with Crippen LogP contribution in [0.2, 0.25) is 0 Å². The number of hydrogen-bond acceptors (Lipinski definition) is 4. The Morgan fingerprint density at radius 2 is 2.06 bits per heavy atom. The number of thiophene rings is 1. The third-order valence-corrected chi connectivity index (χ3v) is 3.54. The van der Waals surface area contributed by atoms with Gasteiger partial charge in [0.15, 0.2) is 0 Å². The third kappa shape index (κ3) is 1.76. The summed E-state index contributed by atoms with van der Waals surface area (Å²) in [6.07, 6.45) is 1.72. The number of rotatable bonds is 2. The molecule has 0 amide bonds. The molecular formula is C13H10N2OS. The van der Waals surface area contributed by atoms with Gasteiger partial charge in [0, 0.05) is 27.2 Å². The molecule has 0 spiro atoms. The van der Waals surface area contributed by atoms with Crippen molar-refractivity contribution < 1.29 is 4.74 Å². The van der Waals surface area contributed by atoms with Crippen LogP contribution >= 0.6 is 11.3 Å². The van der Waals surface area contributed by atoms with Crippen molar-refractivity contribution in [2.24, 2.45) is 0 Å². The molecule has 3 aromatic rings. The monoisotopic (exact) mass is 242 g/mol. The van der Waals surface area contributed by atoms with E-state index in [1.807, 2.05) is 18.2 Å². The van der Waals surface area contributed by atoms with Crippen LogP contribution in [0.4, 0.5) is 0 Å². The molecule has 17 heavy (non-hydrogen) atoms. The molecule has 0 saturated carbocycles. The summed E-state index contributed by atoms with van der Waals surface area (Å²) in [7, 11) is 1.57. The average Bonchev–Trinajstić information content (AvgIpc) is 2.82. The van der Waals surface area contributed by atoms with Crippen molar-refractivity contribution in [3.63, 3.8) is 0 Å². The Morgan fingerprint density at radius 3 is 2.94 bits per heavy atom. The Labute approximate surface area is 103 Å². The second-order valence-electron chi connectivity index (χ2n) is 3.57. The largest absolute Gasteiger partial charge is 0.467 e. The molecule has 0 radical (unpaired) electrons. The standard InChI is InChI=1S/C13H10N2OS/c1-16-13-14-7-6-11(15-13)10-8-17-12-5-3-2-4-9(10)12/h2-8H,1H3. The van der Waals surface area contributed by atoms with Gasteiger partial charge in [-0.15, -0.1) is 11.3 Å². The summed E-state index contributed by atoms with van der Waals surface area (Å²) in [5.41, 5.74) is 2.03. The molecule has 0 atom stereocenters. The van der Waals surface area contributed by atoms with E-state index in [2.05, 4.69) is 27.5 Å². The molecule has 0 bridgehead atoms. The van der Waals surface area contributed by atoms with Gasteiger partial charge in [-0.25, -0.2) is 4.98 Å². The van der Waals surface area contributed by atoms with Crippen molar-refractivity contribution in [3.05, 3.63) is 41.9 Å². The fourth-order valence-corrected chi connectivity index (χ4v) is 2.72. The van der Waals surface area contributed by atoms with Gasteiger partial charge in [0.1, 0.15) is 0 Å². The summed E-state index contributed by atoms with van der Waals surface area (Å²) in [4.78, 5) is 8.38. The Bertz CT molecular complexity index is 663. The zero-order chi connectivity index (χ0) is 11.7. The predicted octanol–water partition coefficient (Wildman–Crippen LogP) is 3.37. The Morgan fingerprint density at radius 1 is 1.18 bits per heavy atom. The Hall–Kier alpha value is -1.94. The van der Waals surface area contributed by atoms with E-state index in [0.29, 0.717) is 6.01 Å². The van der Waals surface area contributed by atoms with E-state index in [9.17, 15) is 0 Å². The number of benzene rings is 1. The molecule has 4 heteroatoms. The molecule has 0 unspecified atom stereocenters. The lowest BCUT2D eigenvalue weighted by Crippen LogP contribution is -1.92. The average molecular weight is 242 g/mol. The molecule has 0 saturated heterocycles. The Balaban J connectivity index is 2.20. The van der Waals surface area contributed by atoms with Crippen LogP contribution in [0, 0.1) is 0 Å². The third-order valence-electron chi connectivity index (χ3n) is 2.57. The Kier molecular flexibility index (Phi) is 2.49. The van der Waals surface area contributed by atoms with Gasteiger partial charge < -0.3 is 4.74 Å². The molecule has 1 aromatic carbocycles. The molecule has 0 aliphatic carbocycles. The van der Waals surface area contributed by atoms with Crippen molar-refractivity contribution in [2.75, 3.05) is 7.11 Å². The smallest absolute Gasteiger partial charge is 0.316 e. The van der Waals surface area contributed by atoms with Crippen LogP contribution in [0.5, 0.6) is 6.01 Å². The maximum Gasteiger partial charge on any atom is 0.316 e. The van der Waals surface area contributed by atoms with Crippen LogP contribution in [0.15, 0.2) is 41.9 Å². The molecule has 2 heterocycles. The van der Waals surface area contributed by atoms with Crippen LogP contribution in [-0.4, -0.2) is 17.1 Å². The number of ether oxygens (including phenoxy) is 1. The van der Waals surface area contributed by atoms with E-state index in [1.54, 1.807) is 24.6 Å². The fraction of sp³-hybridized carbons (Fsp3) is 0.0769. The van der Waals surface area contributed by atoms with Gasteiger partial charge >= 0.3 is 6.01 Å². The van der Waals surface area contributed by atoms with Crippen LogP contribution in [0.25, 0.3) is 21.3 Å². The first-order valence-electron chi connectivity index (χ1n) is 5.22. The zero-order valence-corrected chi connectivity index (χ0v) is 10.1. The SMILES string of the molecule is COc1nccc(-c2csc3ccccc23)n1. The molecule has 0 aliphatic heterocycles. The zero-order valence-electron chi connectivity index (χ0n) is 9.25. The summed E-state index contributed by atoms with van der Waals surface area (Å²) >= 11 is 1.72. The molecule has 0 aliphatic rings. The molecule has 3 rings (SSSR count). The van der Waals surface area contributed by atoms with Gasteiger partial charge in [0.2, 0.25) is 0 Å². The highest BCUT2D eigenvalue weighted by Crippen LogP contribution is 2.32. The summed E-state index contributed by atoms with van der Waals surface area (Å²) in [5, 5.41) is 3.34. The van der Waals surface area contributed by atoms with E-state index in [-0.39, 0.29) is 0 Å². The highest BCUT2D eigenvalue weighted by atomic mass is 32.1. The van der Waals surface area contributed by atoms with Gasteiger partial charge in [-0.3, -0.25) is 0 Å². The van der Waals surface area contributed by atoms with Crippen molar-refractivity contribution in [3.8, 4) is 17.3 Å². The quantitative estimate of drug-likeness (QED) is 0.691. The van der Waals surface area contributed by atoms with Gasteiger partial charge in [-0.05, 0) is 12.1 Å². The molecule has 3 nitrogen and oxygen atoms in total. The maximum absolute atomic E-state index is 5.05. The van der Waals surface area contributed by atoms with E-state index in [1.165, 1.54) is 10.1 Å². The lowest BCUT2D eigenvalue weighted by Gasteiger charge is -2.01. The summed E-state index contributed by atoms with van der Waals surface area (Å²) in [6.45, 7) is 0. The lowest BCUT2D eigenvalue weighted by atomic mass is 10.1. The first-order valence-corrected chi connectivity index (χ1v) is 6.10. The van der Waals surface area contributed by atoms with Crippen LogP contribution < -0.4 is 4.74 Å². The van der Waals surface area contributed by atoms with Crippen LogP contribution in [0.1, 0.15) is 0 Å². The summed E-state index contributed by atoms with van der Waals surface area (Å²) in [5.74, 6) is 0. The van der Waals surface area contributed by atoms with E-state index in [4.69, 9.17) is 4.74 Å². The number of hydrogen-bond donors (Lipinski definition) is 0. The van der Waals surface area contributed by atoms with Gasteiger partial charge in [0.25, 0.3) is 0 Å². The highest BCUT2D eigenvalue weighted by molar-refractivity contribution is 7.17. The van der Waals surface area contributed by atoms with Crippen LogP contribution in [-0.2, 0) is 0 Å².